The van der Waals surface area contributed by atoms with Crippen molar-refractivity contribution in [3.8, 4) is 16.9 Å². The summed E-state index contributed by atoms with van der Waals surface area (Å²) < 4.78 is 67.0. The molecule has 0 unspecified atom stereocenters. The first-order valence-corrected chi connectivity index (χ1v) is 10.5. The van der Waals surface area contributed by atoms with E-state index < -0.39 is 23.5 Å². The summed E-state index contributed by atoms with van der Waals surface area (Å²) in [6, 6.07) is 9.06. The highest BCUT2D eigenvalue weighted by Crippen LogP contribution is 2.41. The fourth-order valence-corrected chi connectivity index (χ4v) is 3.80. The molecule has 4 aromatic rings. The quantitative estimate of drug-likeness (QED) is 0.328. The summed E-state index contributed by atoms with van der Waals surface area (Å²) in [4.78, 5) is 15.1. The Balaban J connectivity index is 1.83. The van der Waals surface area contributed by atoms with Crippen LogP contribution in [0.25, 0.3) is 22.1 Å². The molecule has 3 N–H and O–H groups in total. The number of halogens is 4. The maximum absolute atomic E-state index is 15.0. The zero-order valence-electron chi connectivity index (χ0n) is 18.4. The number of rotatable bonds is 7. The van der Waals surface area contributed by atoms with Gasteiger partial charge in [0.2, 0.25) is 0 Å². The number of pyridine rings is 1. The van der Waals surface area contributed by atoms with Gasteiger partial charge in [0.1, 0.15) is 29.8 Å². The van der Waals surface area contributed by atoms with Gasteiger partial charge in [-0.15, -0.1) is 0 Å². The molecule has 4 rings (SSSR count). The summed E-state index contributed by atoms with van der Waals surface area (Å²) in [5, 5.41) is 8.90. The van der Waals surface area contributed by atoms with E-state index in [1.807, 2.05) is 0 Å². The Morgan fingerprint density at radius 2 is 1.94 bits per heavy atom. The number of alkyl halides is 3. The molecule has 0 aliphatic rings. The van der Waals surface area contributed by atoms with E-state index in [-0.39, 0.29) is 53.1 Å². The summed E-state index contributed by atoms with van der Waals surface area (Å²) in [5.41, 5.74) is 5.94. The lowest BCUT2D eigenvalue weighted by atomic mass is 9.98. The van der Waals surface area contributed by atoms with Gasteiger partial charge in [0, 0.05) is 34.8 Å². The summed E-state index contributed by atoms with van der Waals surface area (Å²) in [5.74, 6) is -1.53. The predicted octanol–water partition coefficient (Wildman–Crippen LogP) is 5.63. The molecule has 0 aliphatic carbocycles. The van der Waals surface area contributed by atoms with Crippen LogP contribution < -0.4 is 10.5 Å². The maximum atomic E-state index is 15.0. The van der Waals surface area contributed by atoms with Gasteiger partial charge in [-0.2, -0.15) is 13.2 Å². The monoisotopic (exact) mass is 488 g/mol. The number of hydrogen-bond acceptors (Lipinski definition) is 5. The van der Waals surface area contributed by atoms with Gasteiger partial charge in [0.25, 0.3) is 0 Å². The van der Waals surface area contributed by atoms with E-state index in [9.17, 15) is 18.0 Å². The molecular weight excluding hydrogens is 468 g/mol. The second-order valence-corrected chi connectivity index (χ2v) is 7.96. The smallest absolute Gasteiger partial charge is 0.420 e. The lowest BCUT2D eigenvalue weighted by molar-refractivity contribution is -0.137. The van der Waals surface area contributed by atoms with Crippen molar-refractivity contribution in [2.24, 2.45) is 5.73 Å². The highest BCUT2D eigenvalue weighted by molar-refractivity contribution is 5.95. The van der Waals surface area contributed by atoms with Gasteiger partial charge in [-0.3, -0.25) is 9.78 Å². The van der Waals surface area contributed by atoms with Crippen LogP contribution in [0.1, 0.15) is 27.9 Å². The summed E-state index contributed by atoms with van der Waals surface area (Å²) >= 11 is 0. The third kappa shape index (κ3) is 4.97. The van der Waals surface area contributed by atoms with E-state index in [1.165, 1.54) is 24.4 Å². The highest BCUT2D eigenvalue weighted by atomic mass is 19.4. The van der Waals surface area contributed by atoms with Crippen LogP contribution in [0.3, 0.4) is 0 Å². The molecule has 35 heavy (non-hydrogen) atoms. The number of carboxylic acid groups (broad SMARTS) is 1. The molecule has 0 spiro atoms. The van der Waals surface area contributed by atoms with E-state index >= 15 is 4.39 Å². The minimum atomic E-state index is -4.70. The van der Waals surface area contributed by atoms with Gasteiger partial charge < -0.3 is 20.0 Å². The Kier molecular flexibility index (Phi) is 6.49. The highest BCUT2D eigenvalue weighted by Gasteiger charge is 2.35. The Hall–Kier alpha value is -3.92. The molecule has 6 nitrogen and oxygen atoms in total. The Morgan fingerprint density at radius 3 is 2.63 bits per heavy atom. The van der Waals surface area contributed by atoms with Gasteiger partial charge in [0.15, 0.2) is 5.82 Å². The number of furan rings is 1. The molecule has 0 bridgehead atoms. The number of nitrogens with zero attached hydrogens (tertiary/aromatic N) is 1. The van der Waals surface area contributed by atoms with Crippen molar-refractivity contribution in [2.75, 3.05) is 0 Å². The molecule has 0 aliphatic heterocycles. The van der Waals surface area contributed by atoms with Crippen molar-refractivity contribution in [3.05, 3.63) is 82.6 Å². The molecular formula is C25H20F4N2O4. The Bertz CT molecular complexity index is 1410. The summed E-state index contributed by atoms with van der Waals surface area (Å²) in [6.45, 7) is 1.40. The van der Waals surface area contributed by atoms with Crippen molar-refractivity contribution in [1.82, 2.24) is 4.98 Å². The van der Waals surface area contributed by atoms with Crippen LogP contribution in [0, 0.1) is 12.7 Å². The zero-order chi connectivity index (χ0) is 25.3. The second-order valence-electron chi connectivity index (χ2n) is 7.96. The van der Waals surface area contributed by atoms with Gasteiger partial charge in [-0.25, -0.2) is 4.39 Å². The number of carbonyl (C=O) groups is 1. The number of aryl methyl sites for hydroxylation is 1. The third-order valence-corrected chi connectivity index (χ3v) is 5.44. The predicted molar refractivity (Wildman–Crippen MR) is 119 cm³/mol. The molecule has 0 fully saturated rings. The number of fused-ring (bicyclic) bond motifs is 1. The fourth-order valence-electron chi connectivity index (χ4n) is 3.80. The molecule has 0 saturated heterocycles. The second kappa shape index (κ2) is 9.38. The largest absolute Gasteiger partial charge is 0.489 e. The van der Waals surface area contributed by atoms with Crippen molar-refractivity contribution < 1.29 is 36.6 Å². The summed E-state index contributed by atoms with van der Waals surface area (Å²) in [7, 11) is 0. The fraction of sp³-hybridized carbons (Fsp3) is 0.200. The van der Waals surface area contributed by atoms with Gasteiger partial charge in [-0.05, 0) is 42.3 Å². The molecule has 0 amide bonds. The maximum Gasteiger partial charge on any atom is 0.420 e. The standard InChI is InChI=1S/C25H20F4N2O4/c1-13-2-3-15(9-22(32)33)21(6-13)34-11-14-7-17(16-4-5-31-20(10-30)23(16)26)24-18(8-14)19(12-35-24)25(27,28)29/h2-8,12H,9-11,30H2,1H3,(H,32,33). The molecule has 0 radical (unpaired) electrons. The number of benzene rings is 2. The molecule has 2 aromatic heterocycles. The van der Waals surface area contributed by atoms with Crippen molar-refractivity contribution >= 4 is 16.9 Å². The first-order chi connectivity index (χ1) is 16.6. The molecule has 2 heterocycles. The first-order valence-electron chi connectivity index (χ1n) is 10.5. The molecule has 2 aromatic carbocycles. The molecule has 0 saturated carbocycles. The van der Waals surface area contributed by atoms with Crippen LogP contribution in [0.5, 0.6) is 5.75 Å². The average Bonchev–Trinajstić information content (AvgIpc) is 3.23. The van der Waals surface area contributed by atoms with Gasteiger partial charge in [-0.1, -0.05) is 12.1 Å². The number of ether oxygens (including phenoxy) is 1. The van der Waals surface area contributed by atoms with E-state index in [1.54, 1.807) is 25.1 Å². The van der Waals surface area contributed by atoms with Crippen LogP contribution in [0.15, 0.2) is 53.3 Å². The lowest BCUT2D eigenvalue weighted by Gasteiger charge is -2.14. The minimum absolute atomic E-state index is 0.0162. The topological polar surface area (TPSA) is 98.6 Å². The van der Waals surface area contributed by atoms with E-state index in [2.05, 4.69) is 4.98 Å². The minimum Gasteiger partial charge on any atom is -0.489 e. The van der Waals surface area contributed by atoms with Gasteiger partial charge >= 0.3 is 12.1 Å². The van der Waals surface area contributed by atoms with Crippen molar-refractivity contribution in [3.63, 3.8) is 0 Å². The van der Waals surface area contributed by atoms with Crippen molar-refractivity contribution in [1.29, 1.82) is 0 Å². The zero-order valence-corrected chi connectivity index (χ0v) is 18.4. The van der Waals surface area contributed by atoms with Gasteiger partial charge in [0.05, 0.1) is 12.1 Å². The number of hydrogen-bond donors (Lipinski definition) is 2. The number of nitrogens with two attached hydrogens (primary N) is 1. The summed E-state index contributed by atoms with van der Waals surface area (Å²) in [6.07, 6.45) is -3.09. The van der Waals surface area contributed by atoms with Crippen LogP contribution in [-0.4, -0.2) is 16.1 Å². The van der Waals surface area contributed by atoms with Crippen LogP contribution in [-0.2, 0) is 30.5 Å². The van der Waals surface area contributed by atoms with E-state index in [0.29, 0.717) is 17.4 Å². The average molecular weight is 488 g/mol. The molecule has 0 atom stereocenters. The third-order valence-electron chi connectivity index (χ3n) is 5.44. The number of aliphatic carboxylic acids is 1. The Morgan fingerprint density at radius 1 is 1.17 bits per heavy atom. The van der Waals surface area contributed by atoms with Crippen LogP contribution >= 0.6 is 0 Å². The number of aromatic nitrogens is 1. The van der Waals surface area contributed by atoms with Crippen LogP contribution in [0.2, 0.25) is 0 Å². The normalized spacial score (nSPS) is 11.7. The van der Waals surface area contributed by atoms with E-state index in [4.69, 9.17) is 20.0 Å². The lowest BCUT2D eigenvalue weighted by Crippen LogP contribution is -2.06. The van der Waals surface area contributed by atoms with Crippen LogP contribution in [0.4, 0.5) is 17.6 Å². The SMILES string of the molecule is Cc1ccc(CC(=O)O)c(OCc2cc(-c3ccnc(CN)c3F)c3occ(C(F)(F)F)c3c2)c1. The molecule has 182 valence electrons. The number of carboxylic acids is 1. The first kappa shape index (κ1) is 24.2. The Labute approximate surface area is 197 Å². The molecule has 10 heteroatoms. The van der Waals surface area contributed by atoms with E-state index in [0.717, 1.165) is 5.56 Å². The van der Waals surface area contributed by atoms with Crippen molar-refractivity contribution in [2.45, 2.75) is 32.7 Å².